The summed E-state index contributed by atoms with van der Waals surface area (Å²) in [7, 11) is 0. The molecule has 0 aromatic heterocycles. The molecule has 15 heavy (non-hydrogen) atoms. The molecule has 92 valence electrons. The third-order valence-corrected chi connectivity index (χ3v) is 3.21. The van der Waals surface area contributed by atoms with Gasteiger partial charge in [-0.05, 0) is 26.7 Å². The first-order valence-corrected chi connectivity index (χ1v) is 5.29. The van der Waals surface area contributed by atoms with Gasteiger partial charge in [0.05, 0.1) is 13.2 Å². The van der Waals surface area contributed by atoms with E-state index in [9.17, 15) is 0 Å². The predicted octanol–water partition coefficient (Wildman–Crippen LogP) is 1.43. The fraction of sp³-hybridized carbons (Fsp3) is 1.00. The van der Waals surface area contributed by atoms with Crippen LogP contribution in [0.3, 0.4) is 0 Å². The average molecular weight is 257 g/mol. The van der Waals surface area contributed by atoms with E-state index in [0.29, 0.717) is 24.2 Å². The zero-order valence-corrected chi connectivity index (χ0v) is 11.0. The summed E-state index contributed by atoms with van der Waals surface area (Å²) < 4.78 is 5.57. The maximum Gasteiger partial charge on any atom is 0.0623 e. The van der Waals surface area contributed by atoms with Gasteiger partial charge in [-0.3, -0.25) is 4.90 Å². The third-order valence-electron chi connectivity index (χ3n) is 3.21. The standard InChI is InChI=1S/C10H20N2O.2ClH/c1-7(2)12-9-3-8(11)4-10(12)6-13-5-9;;/h7-10H,3-6,11H2,1-2H3;2*1H/t8?,9-,10+;;. The number of nitrogens with zero attached hydrogens (tertiary/aromatic N) is 1. The Hall–Kier alpha value is 0.460. The van der Waals surface area contributed by atoms with Gasteiger partial charge in [-0.15, -0.1) is 24.8 Å². The molecule has 2 rings (SSSR count). The van der Waals surface area contributed by atoms with Crippen molar-refractivity contribution >= 4 is 24.8 Å². The van der Waals surface area contributed by atoms with Gasteiger partial charge in [-0.2, -0.15) is 0 Å². The van der Waals surface area contributed by atoms with E-state index in [4.69, 9.17) is 10.5 Å². The van der Waals surface area contributed by atoms with Crippen LogP contribution < -0.4 is 5.73 Å². The van der Waals surface area contributed by atoms with Crippen LogP contribution in [-0.2, 0) is 4.74 Å². The Morgan fingerprint density at radius 1 is 1.13 bits per heavy atom. The summed E-state index contributed by atoms with van der Waals surface area (Å²) >= 11 is 0. The maximum atomic E-state index is 6.01. The van der Waals surface area contributed by atoms with Crippen LogP contribution in [0.15, 0.2) is 0 Å². The molecule has 1 unspecified atom stereocenters. The summed E-state index contributed by atoms with van der Waals surface area (Å²) in [6, 6.07) is 2.17. The normalized spacial score (nSPS) is 35.6. The Balaban J connectivity index is 0.000000980. The number of rotatable bonds is 1. The highest BCUT2D eigenvalue weighted by Gasteiger charge is 2.38. The van der Waals surface area contributed by atoms with Crippen molar-refractivity contribution in [3.05, 3.63) is 0 Å². The van der Waals surface area contributed by atoms with E-state index in [-0.39, 0.29) is 24.8 Å². The molecule has 0 spiro atoms. The largest absolute Gasteiger partial charge is 0.378 e. The first-order chi connectivity index (χ1) is 6.18. The Bertz CT molecular complexity index is 178. The van der Waals surface area contributed by atoms with Gasteiger partial charge >= 0.3 is 0 Å². The molecular formula is C10H22Cl2N2O. The van der Waals surface area contributed by atoms with Gasteiger partial charge in [-0.25, -0.2) is 0 Å². The van der Waals surface area contributed by atoms with Crippen molar-refractivity contribution in [1.82, 2.24) is 4.90 Å². The van der Waals surface area contributed by atoms with E-state index in [1.54, 1.807) is 0 Å². The zero-order chi connectivity index (χ0) is 9.42. The molecule has 5 heteroatoms. The average Bonchev–Trinajstić information content (AvgIpc) is 2.01. The second-order valence-electron chi connectivity index (χ2n) is 4.62. The molecule has 2 aliphatic heterocycles. The molecule has 0 aromatic carbocycles. The van der Waals surface area contributed by atoms with E-state index in [1.165, 1.54) is 0 Å². The third kappa shape index (κ3) is 3.21. The van der Waals surface area contributed by atoms with Crippen molar-refractivity contribution < 1.29 is 4.74 Å². The highest BCUT2D eigenvalue weighted by Crippen LogP contribution is 2.28. The fourth-order valence-corrected chi connectivity index (χ4v) is 2.83. The fourth-order valence-electron chi connectivity index (χ4n) is 2.83. The first kappa shape index (κ1) is 15.5. The van der Waals surface area contributed by atoms with Crippen LogP contribution in [0.2, 0.25) is 0 Å². The van der Waals surface area contributed by atoms with E-state index < -0.39 is 0 Å². The van der Waals surface area contributed by atoms with Crippen LogP contribution in [0, 0.1) is 0 Å². The van der Waals surface area contributed by atoms with E-state index in [0.717, 1.165) is 26.1 Å². The Labute approximate surface area is 105 Å². The van der Waals surface area contributed by atoms with E-state index in [1.807, 2.05) is 0 Å². The van der Waals surface area contributed by atoms with Gasteiger partial charge in [0.1, 0.15) is 0 Å². The second-order valence-corrected chi connectivity index (χ2v) is 4.62. The second kappa shape index (κ2) is 6.26. The predicted molar refractivity (Wildman–Crippen MR) is 67.1 cm³/mol. The number of nitrogens with two attached hydrogens (primary N) is 1. The number of hydrogen-bond acceptors (Lipinski definition) is 3. The number of hydrogen-bond donors (Lipinski definition) is 1. The summed E-state index contributed by atoms with van der Waals surface area (Å²) in [6.07, 6.45) is 2.21. The quantitative estimate of drug-likeness (QED) is 0.772. The molecule has 0 aromatic rings. The molecular weight excluding hydrogens is 235 g/mol. The van der Waals surface area contributed by atoms with Crippen LogP contribution in [0.25, 0.3) is 0 Å². The topological polar surface area (TPSA) is 38.5 Å². The van der Waals surface area contributed by atoms with Crippen LogP contribution in [0.1, 0.15) is 26.7 Å². The molecule has 2 N–H and O–H groups in total. The Kier molecular flexibility index (Phi) is 6.45. The molecule has 2 bridgehead atoms. The first-order valence-electron chi connectivity index (χ1n) is 5.29. The summed E-state index contributed by atoms with van der Waals surface area (Å²) in [5, 5.41) is 0. The SMILES string of the molecule is CC(C)N1[C@@H]2COC[C@H]1CC(N)C2.Cl.Cl. The lowest BCUT2D eigenvalue weighted by molar-refractivity contribution is -0.0914. The molecule has 0 radical (unpaired) electrons. The minimum absolute atomic E-state index is 0. The van der Waals surface area contributed by atoms with Crippen molar-refractivity contribution in [2.45, 2.75) is 50.9 Å². The smallest absolute Gasteiger partial charge is 0.0623 e. The van der Waals surface area contributed by atoms with Crippen molar-refractivity contribution in [3.63, 3.8) is 0 Å². The summed E-state index contributed by atoms with van der Waals surface area (Å²) in [5.74, 6) is 0. The van der Waals surface area contributed by atoms with Crippen LogP contribution in [0.5, 0.6) is 0 Å². The molecule has 0 saturated carbocycles. The number of halogens is 2. The maximum absolute atomic E-state index is 6.01. The zero-order valence-electron chi connectivity index (χ0n) is 9.39. The monoisotopic (exact) mass is 256 g/mol. The van der Waals surface area contributed by atoms with Gasteiger partial charge < -0.3 is 10.5 Å². The Morgan fingerprint density at radius 3 is 2.00 bits per heavy atom. The summed E-state index contributed by atoms with van der Waals surface area (Å²) in [4.78, 5) is 2.59. The number of morpholine rings is 1. The number of fused-ring (bicyclic) bond motifs is 2. The highest BCUT2D eigenvalue weighted by molar-refractivity contribution is 5.85. The van der Waals surface area contributed by atoms with Gasteiger partial charge in [0.2, 0.25) is 0 Å². The number of ether oxygens (including phenoxy) is 1. The molecule has 2 saturated heterocycles. The van der Waals surface area contributed by atoms with Crippen LogP contribution in [0.4, 0.5) is 0 Å². The lowest BCUT2D eigenvalue weighted by atomic mass is 9.89. The van der Waals surface area contributed by atoms with Crippen molar-refractivity contribution in [2.75, 3.05) is 13.2 Å². The molecule has 3 atom stereocenters. The highest BCUT2D eigenvalue weighted by atomic mass is 35.5. The summed E-state index contributed by atoms with van der Waals surface area (Å²) in [5.41, 5.74) is 6.01. The summed E-state index contributed by atoms with van der Waals surface area (Å²) in [6.45, 7) is 6.29. The molecule has 2 aliphatic rings. The van der Waals surface area contributed by atoms with E-state index in [2.05, 4.69) is 18.7 Å². The van der Waals surface area contributed by atoms with Crippen molar-refractivity contribution in [2.24, 2.45) is 5.73 Å². The minimum atomic E-state index is 0. The van der Waals surface area contributed by atoms with Gasteiger partial charge in [-0.1, -0.05) is 0 Å². The number of piperidine rings is 1. The molecule has 0 amide bonds. The lowest BCUT2D eigenvalue weighted by Crippen LogP contribution is -2.61. The molecule has 2 fully saturated rings. The van der Waals surface area contributed by atoms with Gasteiger partial charge in [0.25, 0.3) is 0 Å². The lowest BCUT2D eigenvalue weighted by Gasteiger charge is -2.49. The van der Waals surface area contributed by atoms with Gasteiger partial charge in [0, 0.05) is 24.2 Å². The van der Waals surface area contributed by atoms with Crippen molar-refractivity contribution in [3.8, 4) is 0 Å². The van der Waals surface area contributed by atoms with Crippen LogP contribution in [-0.4, -0.2) is 42.3 Å². The minimum Gasteiger partial charge on any atom is -0.378 e. The molecule has 3 nitrogen and oxygen atoms in total. The van der Waals surface area contributed by atoms with E-state index >= 15 is 0 Å². The van der Waals surface area contributed by atoms with Crippen molar-refractivity contribution in [1.29, 1.82) is 0 Å². The molecule has 2 heterocycles. The Morgan fingerprint density at radius 2 is 1.60 bits per heavy atom. The molecule has 0 aliphatic carbocycles. The van der Waals surface area contributed by atoms with Gasteiger partial charge in [0.15, 0.2) is 0 Å². The van der Waals surface area contributed by atoms with Crippen LogP contribution >= 0.6 is 24.8 Å².